The van der Waals surface area contributed by atoms with E-state index in [1.807, 2.05) is 13.8 Å². The highest BCUT2D eigenvalue weighted by atomic mass is 79.9. The minimum atomic E-state index is -0.431. The molecule has 1 nitrogen and oxygen atoms in total. The Morgan fingerprint density at radius 2 is 2.14 bits per heavy atom. The molecule has 0 saturated carbocycles. The zero-order valence-electron chi connectivity index (χ0n) is 4.65. The molecule has 0 aromatic carbocycles. The van der Waals surface area contributed by atoms with Crippen molar-refractivity contribution in [1.29, 1.82) is 0 Å². The summed E-state index contributed by atoms with van der Waals surface area (Å²) in [6, 6.07) is 0. The van der Waals surface area contributed by atoms with Gasteiger partial charge in [0.15, 0.2) is 0 Å². The Kier molecular flexibility index (Phi) is 3.66. The number of hydrogen-bond acceptors (Lipinski definition) is 0. The van der Waals surface area contributed by atoms with E-state index >= 15 is 0 Å². The standard InChI is InChI=1S/C5H10BrO/c1-3-5(7)4(2)6/h4-5H,3H2,1-2H3. The van der Waals surface area contributed by atoms with Gasteiger partial charge in [-0.1, -0.05) is 29.8 Å². The zero-order chi connectivity index (χ0) is 5.86. The molecule has 0 N–H and O–H groups in total. The van der Waals surface area contributed by atoms with Crippen molar-refractivity contribution in [3.05, 3.63) is 0 Å². The van der Waals surface area contributed by atoms with Crippen LogP contribution in [0.3, 0.4) is 0 Å². The SMILES string of the molecule is CCC([O])C(C)Br. The molecule has 0 bridgehead atoms. The number of rotatable bonds is 2. The molecular formula is C5H10BrO. The van der Waals surface area contributed by atoms with Crippen LogP contribution in [0, 0.1) is 0 Å². The van der Waals surface area contributed by atoms with Crippen LogP contribution < -0.4 is 0 Å². The molecule has 0 amide bonds. The summed E-state index contributed by atoms with van der Waals surface area (Å²) < 4.78 is 0. The van der Waals surface area contributed by atoms with Crippen LogP contribution >= 0.6 is 15.9 Å². The first-order valence-corrected chi connectivity index (χ1v) is 3.40. The van der Waals surface area contributed by atoms with Gasteiger partial charge in [-0.2, -0.15) is 0 Å². The van der Waals surface area contributed by atoms with Crippen molar-refractivity contribution in [3.63, 3.8) is 0 Å². The number of hydrogen-bond donors (Lipinski definition) is 0. The second kappa shape index (κ2) is 3.44. The van der Waals surface area contributed by atoms with Gasteiger partial charge in [0.25, 0.3) is 0 Å². The summed E-state index contributed by atoms with van der Waals surface area (Å²) in [6.07, 6.45) is 0.284. The van der Waals surface area contributed by atoms with Gasteiger partial charge in [-0.25, -0.2) is 5.11 Å². The van der Waals surface area contributed by atoms with E-state index in [0.29, 0.717) is 6.42 Å². The van der Waals surface area contributed by atoms with Crippen LogP contribution in [0.15, 0.2) is 0 Å². The second-order valence-electron chi connectivity index (χ2n) is 1.62. The largest absolute Gasteiger partial charge is 0.232 e. The van der Waals surface area contributed by atoms with Gasteiger partial charge in [0.2, 0.25) is 0 Å². The van der Waals surface area contributed by atoms with E-state index in [1.54, 1.807) is 0 Å². The van der Waals surface area contributed by atoms with E-state index < -0.39 is 6.10 Å². The molecule has 0 aromatic heterocycles. The Balaban J connectivity index is 3.14. The highest BCUT2D eigenvalue weighted by Crippen LogP contribution is 2.06. The van der Waals surface area contributed by atoms with Crippen molar-refractivity contribution in [2.45, 2.75) is 31.2 Å². The summed E-state index contributed by atoms with van der Waals surface area (Å²) in [6.45, 7) is 3.77. The molecule has 0 spiro atoms. The van der Waals surface area contributed by atoms with Gasteiger partial charge in [-0.05, 0) is 6.42 Å². The molecule has 2 atom stereocenters. The van der Waals surface area contributed by atoms with E-state index in [2.05, 4.69) is 15.9 Å². The Morgan fingerprint density at radius 1 is 1.71 bits per heavy atom. The summed E-state index contributed by atoms with van der Waals surface area (Å²) in [4.78, 5) is 0.123. The third-order valence-corrected chi connectivity index (χ3v) is 1.50. The molecule has 0 fully saturated rings. The van der Waals surface area contributed by atoms with E-state index in [-0.39, 0.29) is 4.83 Å². The van der Waals surface area contributed by atoms with Gasteiger partial charge in [-0.3, -0.25) is 0 Å². The maximum Gasteiger partial charge on any atom is 0.105 e. The fourth-order valence-corrected chi connectivity index (χ4v) is 0.699. The third-order valence-electron chi connectivity index (χ3n) is 0.915. The zero-order valence-corrected chi connectivity index (χ0v) is 6.23. The maximum atomic E-state index is 10.5. The van der Waals surface area contributed by atoms with E-state index in [9.17, 15) is 5.11 Å². The minimum absolute atomic E-state index is 0.123. The molecule has 0 aliphatic heterocycles. The number of alkyl halides is 1. The summed E-state index contributed by atoms with van der Waals surface area (Å²) in [5.74, 6) is 0. The van der Waals surface area contributed by atoms with Gasteiger partial charge in [-0.15, -0.1) is 0 Å². The predicted molar refractivity (Wildman–Crippen MR) is 33.2 cm³/mol. The van der Waals surface area contributed by atoms with Crippen LogP contribution in [0.1, 0.15) is 20.3 Å². The van der Waals surface area contributed by atoms with Crippen molar-refractivity contribution in [3.8, 4) is 0 Å². The van der Waals surface area contributed by atoms with Crippen LogP contribution in [0.4, 0.5) is 0 Å². The van der Waals surface area contributed by atoms with E-state index in [1.165, 1.54) is 0 Å². The quantitative estimate of drug-likeness (QED) is 0.559. The molecule has 0 aromatic rings. The molecule has 2 unspecified atom stereocenters. The van der Waals surface area contributed by atoms with Crippen LogP contribution in [0.2, 0.25) is 0 Å². The first kappa shape index (κ1) is 7.44. The summed E-state index contributed by atoms with van der Waals surface area (Å²) in [7, 11) is 0. The summed E-state index contributed by atoms with van der Waals surface area (Å²) >= 11 is 3.19. The maximum absolute atomic E-state index is 10.5. The molecule has 2 heteroatoms. The molecule has 1 radical (unpaired) electrons. The predicted octanol–water partition coefficient (Wildman–Crippen LogP) is 1.98. The molecule has 7 heavy (non-hydrogen) atoms. The molecule has 0 heterocycles. The minimum Gasteiger partial charge on any atom is -0.232 e. The van der Waals surface area contributed by atoms with E-state index in [0.717, 1.165) is 0 Å². The van der Waals surface area contributed by atoms with Crippen LogP contribution in [-0.4, -0.2) is 10.9 Å². The van der Waals surface area contributed by atoms with Gasteiger partial charge < -0.3 is 0 Å². The fraction of sp³-hybridized carbons (Fsp3) is 1.00. The van der Waals surface area contributed by atoms with Crippen molar-refractivity contribution < 1.29 is 5.11 Å². The Hall–Kier alpha value is 0.440. The molecule has 0 aliphatic carbocycles. The van der Waals surface area contributed by atoms with Gasteiger partial charge in [0.05, 0.1) is 0 Å². The van der Waals surface area contributed by atoms with Crippen molar-refractivity contribution in [2.75, 3.05) is 0 Å². The summed E-state index contributed by atoms with van der Waals surface area (Å²) in [5, 5.41) is 10.5. The van der Waals surface area contributed by atoms with Gasteiger partial charge in [0.1, 0.15) is 6.10 Å². The molecule has 0 aliphatic rings. The van der Waals surface area contributed by atoms with Crippen molar-refractivity contribution >= 4 is 15.9 Å². The smallest absolute Gasteiger partial charge is 0.105 e. The Labute approximate surface area is 52.9 Å². The van der Waals surface area contributed by atoms with Crippen LogP contribution in [0.5, 0.6) is 0 Å². The van der Waals surface area contributed by atoms with Gasteiger partial charge >= 0.3 is 0 Å². The highest BCUT2D eigenvalue weighted by Gasteiger charge is 2.07. The van der Waals surface area contributed by atoms with Crippen molar-refractivity contribution in [2.24, 2.45) is 0 Å². The first-order valence-electron chi connectivity index (χ1n) is 2.48. The van der Waals surface area contributed by atoms with Crippen LogP contribution in [-0.2, 0) is 5.11 Å². The average Bonchev–Trinajstić information content (AvgIpc) is 1.65. The first-order chi connectivity index (χ1) is 3.18. The van der Waals surface area contributed by atoms with Gasteiger partial charge in [0, 0.05) is 4.83 Å². The Bertz CT molecular complexity index is 45.3. The molecule has 0 saturated heterocycles. The molecule has 43 valence electrons. The average molecular weight is 166 g/mol. The lowest BCUT2D eigenvalue weighted by Crippen LogP contribution is -2.12. The normalized spacial score (nSPS) is 18.9. The second-order valence-corrected chi connectivity index (χ2v) is 3.07. The summed E-state index contributed by atoms with van der Waals surface area (Å²) in [5.41, 5.74) is 0. The highest BCUT2D eigenvalue weighted by molar-refractivity contribution is 9.09. The van der Waals surface area contributed by atoms with Crippen molar-refractivity contribution in [1.82, 2.24) is 0 Å². The lowest BCUT2D eigenvalue weighted by molar-refractivity contribution is 0.0886. The topological polar surface area (TPSA) is 19.9 Å². The lowest BCUT2D eigenvalue weighted by Gasteiger charge is -2.04. The molecule has 0 rings (SSSR count). The van der Waals surface area contributed by atoms with Crippen LogP contribution in [0.25, 0.3) is 0 Å². The van der Waals surface area contributed by atoms with E-state index in [4.69, 9.17) is 0 Å². The monoisotopic (exact) mass is 165 g/mol. The molecular weight excluding hydrogens is 156 g/mol. The number of halogens is 1. The Morgan fingerprint density at radius 3 is 2.14 bits per heavy atom. The fourth-order valence-electron chi connectivity index (χ4n) is 0.325. The third kappa shape index (κ3) is 3.06. The lowest BCUT2D eigenvalue weighted by atomic mass is 10.2.